The second-order valence-electron chi connectivity index (χ2n) is 8.21. The first-order valence-electron chi connectivity index (χ1n) is 11.7. The molecule has 35 heavy (non-hydrogen) atoms. The van der Waals surface area contributed by atoms with Gasteiger partial charge < -0.3 is 4.98 Å². The zero-order valence-corrected chi connectivity index (χ0v) is 20.3. The van der Waals surface area contributed by atoms with Crippen molar-refractivity contribution in [2.24, 2.45) is 0 Å². The van der Waals surface area contributed by atoms with Gasteiger partial charge in [-0.1, -0.05) is 55.8 Å². The van der Waals surface area contributed by atoms with Crippen LogP contribution in [-0.4, -0.2) is 25.5 Å². The van der Waals surface area contributed by atoms with Gasteiger partial charge in [-0.05, 0) is 54.6 Å². The van der Waals surface area contributed by atoms with Gasteiger partial charge in [0, 0.05) is 22.2 Å². The van der Waals surface area contributed by atoms with Crippen LogP contribution in [0.3, 0.4) is 0 Å². The van der Waals surface area contributed by atoms with Gasteiger partial charge in [0.2, 0.25) is 0 Å². The van der Waals surface area contributed by atoms with Gasteiger partial charge in [-0.2, -0.15) is 10.4 Å². The fourth-order valence-electron chi connectivity index (χ4n) is 3.86. The van der Waals surface area contributed by atoms with Crippen molar-refractivity contribution < 1.29 is 0 Å². The molecule has 5 nitrogen and oxygen atoms in total. The van der Waals surface area contributed by atoms with E-state index in [9.17, 15) is 5.26 Å². The predicted octanol–water partition coefficient (Wildman–Crippen LogP) is 7.37. The van der Waals surface area contributed by atoms with E-state index in [4.69, 9.17) is 5.10 Å². The van der Waals surface area contributed by atoms with E-state index < -0.39 is 0 Å². The fourth-order valence-corrected chi connectivity index (χ4v) is 4.86. The molecule has 0 fully saturated rings. The Bertz CT molecular complexity index is 1470. The number of nitriles is 1. The van der Waals surface area contributed by atoms with E-state index in [0.717, 1.165) is 39.3 Å². The summed E-state index contributed by atoms with van der Waals surface area (Å²) in [5.74, 6) is 1.67. The minimum atomic E-state index is 0.460. The number of nitrogens with zero attached hydrogens (tertiary/aromatic N) is 4. The van der Waals surface area contributed by atoms with E-state index in [1.807, 2.05) is 83.3 Å². The molecule has 0 aliphatic rings. The first-order valence-corrected chi connectivity index (χ1v) is 12.7. The van der Waals surface area contributed by atoms with Crippen LogP contribution in [0.25, 0.3) is 39.6 Å². The molecule has 2 heterocycles. The Kier molecular flexibility index (Phi) is 6.78. The lowest BCUT2D eigenvalue weighted by Crippen LogP contribution is -1.94. The summed E-state index contributed by atoms with van der Waals surface area (Å²) in [5.41, 5.74) is 5.84. The van der Waals surface area contributed by atoms with E-state index >= 15 is 0 Å². The molecule has 0 radical (unpaired) electrons. The Morgan fingerprint density at radius 1 is 1.03 bits per heavy atom. The van der Waals surface area contributed by atoms with Gasteiger partial charge in [0.1, 0.15) is 11.9 Å². The van der Waals surface area contributed by atoms with Crippen LogP contribution in [0, 0.1) is 11.3 Å². The lowest BCUT2D eigenvalue weighted by molar-refractivity contribution is 0.884. The van der Waals surface area contributed by atoms with Crippen molar-refractivity contribution >= 4 is 34.4 Å². The molecule has 0 aliphatic heterocycles. The second kappa shape index (κ2) is 10.5. The molecule has 0 aliphatic carbocycles. The second-order valence-corrected chi connectivity index (χ2v) is 9.38. The van der Waals surface area contributed by atoms with Crippen molar-refractivity contribution in [1.82, 2.24) is 19.7 Å². The topological polar surface area (TPSA) is 70.3 Å². The molecular weight excluding hydrogens is 450 g/mol. The Morgan fingerprint density at radius 3 is 2.54 bits per heavy atom. The summed E-state index contributed by atoms with van der Waals surface area (Å²) < 4.78 is 1.86. The van der Waals surface area contributed by atoms with Gasteiger partial charge in [0.25, 0.3) is 0 Å². The highest BCUT2D eigenvalue weighted by atomic mass is 32.2. The number of rotatable bonds is 8. The number of imidazole rings is 1. The Balaban J connectivity index is 1.56. The summed E-state index contributed by atoms with van der Waals surface area (Å²) in [4.78, 5) is 9.13. The molecule has 0 atom stereocenters. The number of benzene rings is 3. The molecule has 0 saturated heterocycles. The fraction of sp³-hybridized carbons (Fsp3) is 0.138. The average molecular weight is 476 g/mol. The third kappa shape index (κ3) is 5.06. The molecule has 5 aromatic rings. The zero-order valence-electron chi connectivity index (χ0n) is 19.5. The molecule has 5 rings (SSSR count). The number of allylic oxidation sites excluding steroid dienone is 1. The minimum absolute atomic E-state index is 0.460. The Labute approximate surface area is 209 Å². The molecule has 1 N–H and O–H groups in total. The number of nitrogens with one attached hydrogen (secondary N) is 1. The smallest absolute Gasteiger partial charge is 0.149 e. The quantitative estimate of drug-likeness (QED) is 0.144. The number of hydrogen-bond donors (Lipinski definition) is 1. The zero-order chi connectivity index (χ0) is 24.0. The van der Waals surface area contributed by atoms with Crippen molar-refractivity contribution in [2.75, 3.05) is 5.75 Å². The van der Waals surface area contributed by atoms with Gasteiger partial charge in [0.15, 0.2) is 0 Å². The van der Waals surface area contributed by atoms with Gasteiger partial charge in [-0.3, -0.25) is 0 Å². The van der Waals surface area contributed by atoms with E-state index in [2.05, 4.69) is 47.2 Å². The van der Waals surface area contributed by atoms with Gasteiger partial charge in [-0.25, -0.2) is 9.67 Å². The first-order chi connectivity index (χ1) is 17.2. The van der Waals surface area contributed by atoms with E-state index in [0.29, 0.717) is 11.4 Å². The summed E-state index contributed by atoms with van der Waals surface area (Å²) in [6.07, 6.45) is 6.24. The van der Waals surface area contributed by atoms with Crippen LogP contribution < -0.4 is 0 Å². The SMILES string of the molecule is CCCCSc1ccc(-c2nn(-c3ccccc3)cc2C=C(C#N)c2nc3ccccc3[nH]2)cc1. The first kappa shape index (κ1) is 22.7. The predicted molar refractivity (Wildman–Crippen MR) is 144 cm³/mol. The summed E-state index contributed by atoms with van der Waals surface area (Å²) in [6, 6.07) is 28.6. The number of fused-ring (bicyclic) bond motifs is 1. The normalized spacial score (nSPS) is 11.6. The highest BCUT2D eigenvalue weighted by Gasteiger charge is 2.14. The monoisotopic (exact) mass is 475 g/mol. The summed E-state index contributed by atoms with van der Waals surface area (Å²) in [6.45, 7) is 2.21. The number of unbranched alkanes of at least 4 members (excludes halogenated alkanes) is 1. The van der Waals surface area contributed by atoms with Crippen LogP contribution in [0.1, 0.15) is 31.2 Å². The van der Waals surface area contributed by atoms with Crippen LogP contribution in [-0.2, 0) is 0 Å². The van der Waals surface area contributed by atoms with Crippen molar-refractivity contribution in [3.63, 3.8) is 0 Å². The number of hydrogen-bond acceptors (Lipinski definition) is 4. The number of para-hydroxylation sites is 3. The minimum Gasteiger partial charge on any atom is -0.337 e. The summed E-state index contributed by atoms with van der Waals surface area (Å²) in [5, 5.41) is 14.9. The van der Waals surface area contributed by atoms with E-state index in [1.165, 1.54) is 17.7 Å². The molecular formula is C29H25N5S. The number of H-pyrrole nitrogens is 1. The molecule has 0 saturated carbocycles. The highest BCUT2D eigenvalue weighted by molar-refractivity contribution is 7.99. The maximum atomic E-state index is 9.98. The Morgan fingerprint density at radius 2 is 1.80 bits per heavy atom. The van der Waals surface area contributed by atoms with Crippen molar-refractivity contribution in [2.45, 2.75) is 24.7 Å². The standard InChI is InChI=1S/C29H25N5S/c1-2-3-17-35-25-15-13-21(14-16-25)28-23(20-34(33-28)24-9-5-4-6-10-24)18-22(19-30)29-31-26-11-7-8-12-27(26)32-29/h4-16,18,20H,2-3,17H2,1H3,(H,31,32). The van der Waals surface area contributed by atoms with Crippen LogP contribution in [0.5, 0.6) is 0 Å². The molecule has 6 heteroatoms. The van der Waals surface area contributed by atoms with Crippen LogP contribution >= 0.6 is 11.8 Å². The largest absolute Gasteiger partial charge is 0.337 e. The summed E-state index contributed by atoms with van der Waals surface area (Å²) in [7, 11) is 0. The number of aromatic nitrogens is 4. The van der Waals surface area contributed by atoms with Crippen molar-refractivity contribution in [3.05, 3.63) is 96.4 Å². The molecule has 0 amide bonds. The van der Waals surface area contributed by atoms with Gasteiger partial charge >= 0.3 is 0 Å². The molecule has 0 spiro atoms. The van der Waals surface area contributed by atoms with Crippen molar-refractivity contribution in [1.29, 1.82) is 5.26 Å². The van der Waals surface area contributed by atoms with Crippen LogP contribution in [0.15, 0.2) is 90.0 Å². The third-order valence-corrected chi connectivity index (χ3v) is 6.82. The Hall–Kier alpha value is -4.08. The molecule has 172 valence electrons. The lowest BCUT2D eigenvalue weighted by Gasteiger charge is -2.04. The van der Waals surface area contributed by atoms with Gasteiger partial charge in [0.05, 0.1) is 28.0 Å². The van der Waals surface area contributed by atoms with E-state index in [-0.39, 0.29) is 0 Å². The van der Waals surface area contributed by atoms with Gasteiger partial charge in [-0.15, -0.1) is 11.8 Å². The maximum Gasteiger partial charge on any atom is 0.149 e. The van der Waals surface area contributed by atoms with E-state index in [1.54, 1.807) is 0 Å². The molecule has 2 aromatic heterocycles. The maximum absolute atomic E-state index is 9.98. The van der Waals surface area contributed by atoms with Crippen LogP contribution in [0.4, 0.5) is 0 Å². The average Bonchev–Trinajstić information content (AvgIpc) is 3.53. The molecule has 0 unspecified atom stereocenters. The third-order valence-electron chi connectivity index (χ3n) is 5.72. The van der Waals surface area contributed by atoms with Crippen LogP contribution in [0.2, 0.25) is 0 Å². The lowest BCUT2D eigenvalue weighted by atomic mass is 10.1. The highest BCUT2D eigenvalue weighted by Crippen LogP contribution is 2.30. The molecule has 3 aromatic carbocycles. The van der Waals surface area contributed by atoms with Crippen molar-refractivity contribution in [3.8, 4) is 23.0 Å². The number of thioether (sulfide) groups is 1. The number of aromatic amines is 1. The summed E-state index contributed by atoms with van der Waals surface area (Å²) >= 11 is 1.88. The molecule has 0 bridgehead atoms.